The maximum atomic E-state index is 13.5. The summed E-state index contributed by atoms with van der Waals surface area (Å²) in [6, 6.07) is 2.96. The molecular formula is C11H11F4N. The number of hydrogen-bond donors (Lipinski definition) is 1. The van der Waals surface area contributed by atoms with Gasteiger partial charge in [-0.25, -0.2) is 17.6 Å². The first-order valence-corrected chi connectivity index (χ1v) is 4.92. The van der Waals surface area contributed by atoms with E-state index < -0.39 is 35.8 Å². The first kappa shape index (κ1) is 11.4. The fraction of sp³-hybridized carbons (Fsp3) is 0.455. The maximum absolute atomic E-state index is 13.5. The Morgan fingerprint density at radius 1 is 1.19 bits per heavy atom. The van der Waals surface area contributed by atoms with E-state index in [0.717, 1.165) is 6.07 Å². The normalized spacial score (nSPS) is 21.6. The smallest absolute Gasteiger partial charge is 0.250 e. The highest BCUT2D eigenvalue weighted by molar-refractivity contribution is 5.32. The third-order valence-corrected chi connectivity index (χ3v) is 3.09. The number of alkyl halides is 2. The molecule has 0 amide bonds. The van der Waals surface area contributed by atoms with E-state index in [1.54, 1.807) is 0 Å². The molecule has 1 aromatic rings. The topological polar surface area (TPSA) is 26.0 Å². The quantitative estimate of drug-likeness (QED) is 0.780. The average molecular weight is 233 g/mol. The summed E-state index contributed by atoms with van der Waals surface area (Å²) in [5.74, 6) is -4.32. The molecule has 0 aromatic heterocycles. The Balaban J connectivity index is 2.36. The molecule has 1 aliphatic rings. The summed E-state index contributed by atoms with van der Waals surface area (Å²) in [5, 5.41) is 0. The molecule has 0 bridgehead atoms. The summed E-state index contributed by atoms with van der Waals surface area (Å²) < 4.78 is 51.9. The predicted octanol–water partition coefficient (Wildman–Crippen LogP) is 2.59. The van der Waals surface area contributed by atoms with Gasteiger partial charge in [-0.05, 0) is 11.6 Å². The molecular weight excluding hydrogens is 222 g/mol. The second kappa shape index (κ2) is 3.45. The molecule has 1 fully saturated rings. The summed E-state index contributed by atoms with van der Waals surface area (Å²) in [4.78, 5) is 0. The van der Waals surface area contributed by atoms with E-state index >= 15 is 0 Å². The van der Waals surface area contributed by atoms with Crippen LogP contribution in [0.3, 0.4) is 0 Å². The van der Waals surface area contributed by atoms with Gasteiger partial charge in [0.1, 0.15) is 11.6 Å². The average Bonchev–Trinajstić information content (AvgIpc) is 2.13. The van der Waals surface area contributed by atoms with Gasteiger partial charge in [0.15, 0.2) is 0 Å². The molecule has 88 valence electrons. The molecule has 0 atom stereocenters. The van der Waals surface area contributed by atoms with Crippen LogP contribution in [-0.2, 0) is 5.41 Å². The lowest BCUT2D eigenvalue weighted by Gasteiger charge is -2.47. The Hall–Kier alpha value is -1.10. The van der Waals surface area contributed by atoms with Crippen LogP contribution in [0.2, 0.25) is 0 Å². The number of hydrogen-bond acceptors (Lipinski definition) is 1. The van der Waals surface area contributed by atoms with Crippen LogP contribution in [0.1, 0.15) is 18.4 Å². The molecule has 5 heteroatoms. The van der Waals surface area contributed by atoms with Crippen LogP contribution in [0.25, 0.3) is 0 Å². The lowest BCUT2D eigenvalue weighted by molar-refractivity contribution is -0.124. The van der Waals surface area contributed by atoms with E-state index in [9.17, 15) is 17.6 Å². The van der Waals surface area contributed by atoms with Gasteiger partial charge in [-0.3, -0.25) is 0 Å². The van der Waals surface area contributed by atoms with E-state index in [4.69, 9.17) is 5.73 Å². The second-order valence-electron chi connectivity index (χ2n) is 4.32. The van der Waals surface area contributed by atoms with Crippen molar-refractivity contribution in [1.29, 1.82) is 0 Å². The van der Waals surface area contributed by atoms with Crippen molar-refractivity contribution in [2.75, 3.05) is 6.54 Å². The van der Waals surface area contributed by atoms with Crippen LogP contribution in [0.4, 0.5) is 17.6 Å². The lowest BCUT2D eigenvalue weighted by atomic mass is 9.62. The molecule has 2 rings (SSSR count). The van der Waals surface area contributed by atoms with Crippen molar-refractivity contribution in [2.24, 2.45) is 5.73 Å². The molecule has 0 spiro atoms. The summed E-state index contributed by atoms with van der Waals surface area (Å²) >= 11 is 0. The van der Waals surface area contributed by atoms with Crippen molar-refractivity contribution in [3.05, 3.63) is 35.4 Å². The van der Waals surface area contributed by atoms with Crippen molar-refractivity contribution >= 4 is 0 Å². The predicted molar refractivity (Wildman–Crippen MR) is 51.3 cm³/mol. The zero-order valence-corrected chi connectivity index (χ0v) is 8.44. The highest BCUT2D eigenvalue weighted by Crippen LogP contribution is 2.53. The summed E-state index contributed by atoms with van der Waals surface area (Å²) in [5.41, 5.74) is 4.48. The molecule has 0 unspecified atom stereocenters. The zero-order valence-electron chi connectivity index (χ0n) is 8.44. The van der Waals surface area contributed by atoms with E-state index in [1.165, 1.54) is 6.07 Å². The Morgan fingerprint density at radius 3 is 2.25 bits per heavy atom. The maximum Gasteiger partial charge on any atom is 0.250 e. The molecule has 16 heavy (non-hydrogen) atoms. The van der Waals surface area contributed by atoms with E-state index in [2.05, 4.69) is 0 Å². The molecule has 1 aliphatic carbocycles. The van der Waals surface area contributed by atoms with Gasteiger partial charge in [-0.1, -0.05) is 6.07 Å². The van der Waals surface area contributed by atoms with E-state index in [0.29, 0.717) is 6.07 Å². The highest BCUT2D eigenvalue weighted by Gasteiger charge is 2.57. The zero-order chi connectivity index (χ0) is 12.0. The summed E-state index contributed by atoms with van der Waals surface area (Å²) in [6.07, 6.45) is -0.946. The van der Waals surface area contributed by atoms with Crippen molar-refractivity contribution in [3.63, 3.8) is 0 Å². The molecule has 1 nitrogen and oxygen atoms in total. The van der Waals surface area contributed by atoms with Crippen LogP contribution in [0, 0.1) is 11.6 Å². The van der Waals surface area contributed by atoms with Gasteiger partial charge in [0.05, 0.1) is 0 Å². The van der Waals surface area contributed by atoms with Crippen LogP contribution >= 0.6 is 0 Å². The second-order valence-corrected chi connectivity index (χ2v) is 4.32. The van der Waals surface area contributed by atoms with Gasteiger partial charge in [0, 0.05) is 30.9 Å². The minimum absolute atomic E-state index is 0.0643. The highest BCUT2D eigenvalue weighted by atomic mass is 19.3. The van der Waals surface area contributed by atoms with Gasteiger partial charge < -0.3 is 5.73 Å². The summed E-state index contributed by atoms with van der Waals surface area (Å²) in [6.45, 7) is -0.0643. The Morgan fingerprint density at radius 2 is 1.81 bits per heavy atom. The molecule has 2 N–H and O–H groups in total. The summed E-state index contributed by atoms with van der Waals surface area (Å²) in [7, 11) is 0. The molecule has 0 aliphatic heterocycles. The Kier molecular flexibility index (Phi) is 2.45. The fourth-order valence-electron chi connectivity index (χ4n) is 2.30. The van der Waals surface area contributed by atoms with Gasteiger partial charge >= 0.3 is 0 Å². The first-order valence-electron chi connectivity index (χ1n) is 4.92. The van der Waals surface area contributed by atoms with Crippen molar-refractivity contribution < 1.29 is 17.6 Å². The van der Waals surface area contributed by atoms with Crippen LogP contribution in [0.5, 0.6) is 0 Å². The fourth-order valence-corrected chi connectivity index (χ4v) is 2.30. The largest absolute Gasteiger partial charge is 0.330 e. The molecule has 0 radical (unpaired) electrons. The Bertz CT molecular complexity index is 408. The van der Waals surface area contributed by atoms with Crippen LogP contribution in [0.15, 0.2) is 18.2 Å². The number of benzene rings is 1. The number of nitrogens with two attached hydrogens (primary N) is 1. The lowest BCUT2D eigenvalue weighted by Crippen LogP contribution is -2.54. The number of halogens is 4. The minimum atomic E-state index is -2.79. The van der Waals surface area contributed by atoms with Crippen LogP contribution < -0.4 is 5.73 Å². The third-order valence-electron chi connectivity index (χ3n) is 3.09. The van der Waals surface area contributed by atoms with Crippen LogP contribution in [-0.4, -0.2) is 12.5 Å². The SMILES string of the molecule is NCC1(c2ccc(F)cc2F)CC(F)(F)C1. The van der Waals surface area contributed by atoms with E-state index in [1.807, 2.05) is 0 Å². The third kappa shape index (κ3) is 1.69. The standard InChI is InChI=1S/C11H11F4N/c12-7-1-2-8(9(13)3-7)10(6-16)4-11(14,15)5-10/h1-3H,4-6,16H2. The van der Waals surface area contributed by atoms with Crippen molar-refractivity contribution in [3.8, 4) is 0 Å². The molecule has 0 heterocycles. The van der Waals surface area contributed by atoms with Crippen molar-refractivity contribution in [1.82, 2.24) is 0 Å². The van der Waals surface area contributed by atoms with Gasteiger partial charge in [0.25, 0.3) is 0 Å². The number of rotatable bonds is 2. The van der Waals surface area contributed by atoms with Gasteiger partial charge in [0.2, 0.25) is 5.92 Å². The van der Waals surface area contributed by atoms with Crippen molar-refractivity contribution in [2.45, 2.75) is 24.2 Å². The molecule has 0 saturated heterocycles. The Labute approximate surface area is 90.3 Å². The monoisotopic (exact) mass is 233 g/mol. The van der Waals surface area contributed by atoms with Gasteiger partial charge in [-0.2, -0.15) is 0 Å². The molecule has 1 saturated carbocycles. The van der Waals surface area contributed by atoms with E-state index in [-0.39, 0.29) is 12.1 Å². The van der Waals surface area contributed by atoms with Gasteiger partial charge in [-0.15, -0.1) is 0 Å². The minimum Gasteiger partial charge on any atom is -0.330 e. The molecule has 1 aromatic carbocycles. The first-order chi connectivity index (χ1) is 7.38.